The molecule has 0 bridgehead atoms. The second-order valence-electron chi connectivity index (χ2n) is 3.30. The molecule has 1 aromatic rings. The lowest BCUT2D eigenvalue weighted by molar-refractivity contribution is -0.136. The first kappa shape index (κ1) is 9.64. The van der Waals surface area contributed by atoms with Gasteiger partial charge in [0.1, 0.15) is 5.82 Å². The van der Waals surface area contributed by atoms with Crippen molar-refractivity contribution in [1.82, 2.24) is 14.9 Å². The molecule has 0 saturated carbocycles. The molecule has 0 radical (unpaired) electrons. The van der Waals surface area contributed by atoms with Crippen LogP contribution in [0.3, 0.4) is 0 Å². The number of aryl methyl sites for hydroxylation is 1. The summed E-state index contributed by atoms with van der Waals surface area (Å²) in [5.41, 5.74) is 0. The van der Waals surface area contributed by atoms with Crippen LogP contribution < -0.4 is 0 Å². The van der Waals surface area contributed by atoms with Gasteiger partial charge >= 0.3 is 0 Å². The number of nitrogens with zero attached hydrogens (tertiary/aromatic N) is 2. The molecule has 5 nitrogen and oxygen atoms in total. The maximum atomic E-state index is 11.2. The van der Waals surface area contributed by atoms with E-state index >= 15 is 0 Å². The molecule has 0 unspecified atom stereocenters. The molecule has 5 heteroatoms. The number of amides is 2. The van der Waals surface area contributed by atoms with Crippen LogP contribution in [0.5, 0.6) is 0 Å². The van der Waals surface area contributed by atoms with Gasteiger partial charge in [-0.05, 0) is 6.42 Å². The number of imide groups is 1. The van der Waals surface area contributed by atoms with Crippen LogP contribution in [0.4, 0.5) is 0 Å². The molecule has 2 rings (SSSR count). The molecule has 0 spiro atoms. The van der Waals surface area contributed by atoms with Gasteiger partial charge in [-0.2, -0.15) is 0 Å². The predicted molar refractivity (Wildman–Crippen MR) is 52.8 cm³/mol. The van der Waals surface area contributed by atoms with Crippen LogP contribution in [0.15, 0.2) is 24.5 Å². The number of carbonyl (C=O) groups excluding carboxylic acids is 2. The third-order valence-electron chi connectivity index (χ3n) is 2.25. The maximum absolute atomic E-state index is 11.2. The molecule has 0 atom stereocenters. The van der Waals surface area contributed by atoms with Gasteiger partial charge in [0, 0.05) is 37.5 Å². The van der Waals surface area contributed by atoms with Crippen LogP contribution in [-0.2, 0) is 16.0 Å². The fraction of sp³-hybridized carbons (Fsp3) is 0.300. The van der Waals surface area contributed by atoms with Crippen LogP contribution in [0.25, 0.3) is 0 Å². The van der Waals surface area contributed by atoms with Crippen molar-refractivity contribution in [2.45, 2.75) is 12.8 Å². The number of hydrogen-bond acceptors (Lipinski definition) is 3. The quantitative estimate of drug-likeness (QED) is 0.717. The third kappa shape index (κ3) is 2.12. The highest BCUT2D eigenvalue weighted by Crippen LogP contribution is 2.05. The summed E-state index contributed by atoms with van der Waals surface area (Å²) in [4.78, 5) is 30.6. The molecule has 1 aliphatic heterocycles. The van der Waals surface area contributed by atoms with Gasteiger partial charge in [0.25, 0.3) is 11.8 Å². The van der Waals surface area contributed by atoms with Gasteiger partial charge in [-0.1, -0.05) is 0 Å². The Morgan fingerprint density at radius 1 is 1.27 bits per heavy atom. The van der Waals surface area contributed by atoms with Crippen LogP contribution in [0.2, 0.25) is 0 Å². The maximum Gasteiger partial charge on any atom is 0.253 e. The van der Waals surface area contributed by atoms with Crippen molar-refractivity contribution in [3.63, 3.8) is 0 Å². The highest BCUT2D eigenvalue weighted by molar-refractivity contribution is 6.12. The third-order valence-corrected chi connectivity index (χ3v) is 2.25. The van der Waals surface area contributed by atoms with E-state index in [1.165, 1.54) is 17.1 Å². The molecule has 1 N–H and O–H groups in total. The monoisotopic (exact) mass is 205 g/mol. The topological polar surface area (TPSA) is 66.1 Å². The average molecular weight is 205 g/mol. The Morgan fingerprint density at radius 2 is 2.00 bits per heavy atom. The minimum Gasteiger partial charge on any atom is -0.349 e. The molecule has 78 valence electrons. The summed E-state index contributed by atoms with van der Waals surface area (Å²) in [6.07, 6.45) is 7.51. The normalized spacial score (nSPS) is 15.3. The van der Waals surface area contributed by atoms with E-state index in [1.807, 2.05) is 0 Å². The summed E-state index contributed by atoms with van der Waals surface area (Å²) in [5, 5.41) is 0. The first-order valence-electron chi connectivity index (χ1n) is 4.79. The molecule has 0 saturated heterocycles. The van der Waals surface area contributed by atoms with Crippen molar-refractivity contribution in [1.29, 1.82) is 0 Å². The van der Waals surface area contributed by atoms with E-state index in [9.17, 15) is 9.59 Å². The van der Waals surface area contributed by atoms with Gasteiger partial charge in [0.15, 0.2) is 0 Å². The van der Waals surface area contributed by atoms with Gasteiger partial charge in [-0.15, -0.1) is 0 Å². The van der Waals surface area contributed by atoms with Gasteiger partial charge in [-0.3, -0.25) is 14.5 Å². The SMILES string of the molecule is O=C1C=CC(=O)N1CCCc1ncc[nH]1. The van der Waals surface area contributed by atoms with E-state index in [0.29, 0.717) is 6.54 Å². The Labute approximate surface area is 86.8 Å². The summed E-state index contributed by atoms with van der Waals surface area (Å²) in [7, 11) is 0. The standard InChI is InChI=1S/C10H11N3O2/c14-9-3-4-10(15)13(9)7-1-2-8-11-5-6-12-8/h3-6H,1-2,7H2,(H,11,12). The number of rotatable bonds is 4. The van der Waals surface area contributed by atoms with Gasteiger partial charge in [0.05, 0.1) is 0 Å². The first-order chi connectivity index (χ1) is 7.27. The molecule has 1 aromatic heterocycles. The zero-order valence-corrected chi connectivity index (χ0v) is 8.14. The van der Waals surface area contributed by atoms with E-state index in [4.69, 9.17) is 0 Å². The number of aromatic nitrogens is 2. The molecule has 0 aromatic carbocycles. The Morgan fingerprint density at radius 3 is 2.60 bits per heavy atom. The van der Waals surface area contributed by atoms with Crippen LogP contribution >= 0.6 is 0 Å². The van der Waals surface area contributed by atoms with E-state index in [-0.39, 0.29) is 11.8 Å². The highest BCUT2D eigenvalue weighted by atomic mass is 16.2. The largest absolute Gasteiger partial charge is 0.349 e. The molecule has 15 heavy (non-hydrogen) atoms. The lowest BCUT2D eigenvalue weighted by Gasteiger charge is -2.12. The number of carbonyl (C=O) groups is 2. The van der Waals surface area contributed by atoms with E-state index in [1.54, 1.807) is 12.4 Å². The van der Waals surface area contributed by atoms with Crippen molar-refractivity contribution < 1.29 is 9.59 Å². The Kier molecular flexibility index (Phi) is 2.62. The summed E-state index contributed by atoms with van der Waals surface area (Å²) in [5.74, 6) is 0.431. The Bertz CT molecular complexity index is 377. The average Bonchev–Trinajstić information content (AvgIpc) is 2.82. The molecular formula is C10H11N3O2. The number of nitrogens with one attached hydrogen (secondary N) is 1. The number of imidazole rings is 1. The van der Waals surface area contributed by atoms with Crippen molar-refractivity contribution in [2.24, 2.45) is 0 Å². The molecule has 2 amide bonds. The van der Waals surface area contributed by atoms with Gasteiger partial charge < -0.3 is 4.98 Å². The summed E-state index contributed by atoms with van der Waals surface area (Å²) in [6, 6.07) is 0. The van der Waals surface area contributed by atoms with Crippen molar-refractivity contribution in [3.8, 4) is 0 Å². The van der Waals surface area contributed by atoms with Crippen LogP contribution in [0, 0.1) is 0 Å². The predicted octanol–water partition coefficient (Wildman–Crippen LogP) is 0.267. The molecule has 0 fully saturated rings. The summed E-state index contributed by atoms with van der Waals surface area (Å²) in [6.45, 7) is 0.450. The van der Waals surface area contributed by atoms with E-state index < -0.39 is 0 Å². The van der Waals surface area contributed by atoms with E-state index in [2.05, 4.69) is 9.97 Å². The summed E-state index contributed by atoms with van der Waals surface area (Å²) >= 11 is 0. The Hall–Kier alpha value is -1.91. The van der Waals surface area contributed by atoms with Gasteiger partial charge in [-0.25, -0.2) is 4.98 Å². The minimum absolute atomic E-state index is 0.223. The smallest absolute Gasteiger partial charge is 0.253 e. The molecule has 0 aliphatic carbocycles. The molecular weight excluding hydrogens is 194 g/mol. The van der Waals surface area contributed by atoms with Crippen molar-refractivity contribution in [2.75, 3.05) is 6.54 Å². The first-order valence-corrected chi connectivity index (χ1v) is 4.79. The minimum atomic E-state index is -0.223. The zero-order valence-electron chi connectivity index (χ0n) is 8.14. The lowest BCUT2D eigenvalue weighted by Crippen LogP contribution is -2.31. The fourth-order valence-electron chi connectivity index (χ4n) is 1.49. The van der Waals surface area contributed by atoms with Crippen LogP contribution in [0.1, 0.15) is 12.2 Å². The zero-order chi connectivity index (χ0) is 10.7. The molecule has 2 heterocycles. The fourth-order valence-corrected chi connectivity index (χ4v) is 1.49. The molecule has 1 aliphatic rings. The number of aromatic amines is 1. The Balaban J connectivity index is 1.79. The van der Waals surface area contributed by atoms with Gasteiger partial charge in [0.2, 0.25) is 0 Å². The summed E-state index contributed by atoms with van der Waals surface area (Å²) < 4.78 is 0. The lowest BCUT2D eigenvalue weighted by atomic mass is 10.3. The second-order valence-corrected chi connectivity index (χ2v) is 3.30. The highest BCUT2D eigenvalue weighted by Gasteiger charge is 2.22. The van der Waals surface area contributed by atoms with Crippen molar-refractivity contribution >= 4 is 11.8 Å². The number of hydrogen-bond donors (Lipinski definition) is 1. The van der Waals surface area contributed by atoms with E-state index in [0.717, 1.165) is 18.7 Å². The van der Waals surface area contributed by atoms with Crippen LogP contribution in [-0.4, -0.2) is 33.2 Å². The number of H-pyrrole nitrogens is 1. The van der Waals surface area contributed by atoms with Crippen molar-refractivity contribution in [3.05, 3.63) is 30.4 Å². The second kappa shape index (κ2) is 4.08.